The number of piperidine rings is 1. The fraction of sp³-hybridized carbons (Fsp3) is 0.500. The van der Waals surface area contributed by atoms with Crippen LogP contribution in [0.5, 0.6) is 0 Å². The highest BCUT2D eigenvalue weighted by Crippen LogP contribution is 2.25. The molecule has 1 unspecified atom stereocenters. The summed E-state index contributed by atoms with van der Waals surface area (Å²) in [6, 6.07) is 14.8. The van der Waals surface area contributed by atoms with Crippen LogP contribution in [0, 0.1) is 0 Å². The number of nitrogens with one attached hydrogen (secondary N) is 1. The normalized spacial score (nSPS) is 19.6. The van der Waals surface area contributed by atoms with E-state index in [2.05, 4.69) is 10.2 Å². The Morgan fingerprint density at radius 1 is 1.12 bits per heavy atom. The molecule has 11 heteroatoms. The lowest BCUT2D eigenvalue weighted by Crippen LogP contribution is -2.44. The van der Waals surface area contributed by atoms with Gasteiger partial charge in [0, 0.05) is 33.1 Å². The minimum atomic E-state index is -0.687. The number of imide groups is 1. The number of carbonyl (C=O) groups is 3. The number of hydrogen-bond acceptors (Lipinski definition) is 8. The third-order valence-electron chi connectivity index (χ3n) is 8.33. The summed E-state index contributed by atoms with van der Waals surface area (Å²) in [5, 5.41) is 2.37. The van der Waals surface area contributed by atoms with Crippen molar-refractivity contribution in [3.8, 4) is 0 Å². The van der Waals surface area contributed by atoms with Crippen LogP contribution in [0.4, 0.5) is 0 Å². The van der Waals surface area contributed by atoms with Gasteiger partial charge in [-0.3, -0.25) is 38.6 Å². The van der Waals surface area contributed by atoms with Crippen LogP contribution in [0.1, 0.15) is 42.9 Å². The fourth-order valence-corrected chi connectivity index (χ4v) is 6.05. The van der Waals surface area contributed by atoms with Crippen molar-refractivity contribution in [1.82, 2.24) is 24.3 Å². The average Bonchev–Trinajstić information content (AvgIpc) is 3.26. The van der Waals surface area contributed by atoms with E-state index in [4.69, 9.17) is 9.47 Å². The molecule has 0 saturated carbocycles. The van der Waals surface area contributed by atoms with Gasteiger partial charge in [0.25, 0.3) is 0 Å². The highest BCUT2D eigenvalue weighted by molar-refractivity contribution is 6.00. The first-order valence-corrected chi connectivity index (χ1v) is 15.0. The quantitative estimate of drug-likeness (QED) is 0.251. The first-order chi connectivity index (χ1) is 20.8. The number of para-hydroxylation sites is 1. The van der Waals surface area contributed by atoms with Crippen molar-refractivity contribution in [1.29, 1.82) is 0 Å². The van der Waals surface area contributed by atoms with E-state index < -0.39 is 11.9 Å². The number of rotatable bonds is 12. The standard InChI is InChI=1S/C32H41N5O6/c1-34(21-29(39)43-22-23-8-4-3-5-9-23)17-15-25-20-36(18-19-42-25)16-7-11-24-10-6-12-26-30(24)35(2)32(41)37(26)27-13-14-28(38)33-31(27)40/h3-6,8-10,12,25,27H,7,11,13-22H2,1-2H3,(H,33,38,40)/t25-,27?/m1/s1. The molecule has 2 fully saturated rings. The molecule has 2 atom stereocenters. The second kappa shape index (κ2) is 14.1. The topological polar surface area (TPSA) is 115 Å². The largest absolute Gasteiger partial charge is 0.460 e. The van der Waals surface area contributed by atoms with Crippen LogP contribution < -0.4 is 11.0 Å². The van der Waals surface area contributed by atoms with E-state index in [-0.39, 0.29) is 43.2 Å². The molecule has 3 heterocycles. The van der Waals surface area contributed by atoms with Gasteiger partial charge in [0.1, 0.15) is 12.6 Å². The van der Waals surface area contributed by atoms with E-state index >= 15 is 0 Å². The molecular weight excluding hydrogens is 550 g/mol. The van der Waals surface area contributed by atoms with Gasteiger partial charge >= 0.3 is 11.7 Å². The molecule has 43 heavy (non-hydrogen) atoms. The van der Waals surface area contributed by atoms with Crippen molar-refractivity contribution in [2.24, 2.45) is 7.05 Å². The summed E-state index contributed by atoms with van der Waals surface area (Å²) in [5.74, 6) is -0.961. The Kier molecular flexibility index (Phi) is 10.1. The highest BCUT2D eigenvalue weighted by atomic mass is 16.5. The molecule has 230 valence electrons. The molecule has 2 saturated heterocycles. The summed E-state index contributed by atoms with van der Waals surface area (Å²) in [6.45, 7) is 4.53. The van der Waals surface area contributed by atoms with Crippen LogP contribution in [-0.4, -0.2) is 89.2 Å². The number of hydrogen-bond donors (Lipinski definition) is 1. The molecule has 0 aliphatic carbocycles. The summed E-state index contributed by atoms with van der Waals surface area (Å²) in [6.07, 6.45) is 3.17. The Morgan fingerprint density at radius 2 is 1.93 bits per heavy atom. The van der Waals surface area contributed by atoms with Crippen LogP contribution in [-0.2, 0) is 43.9 Å². The molecule has 1 aromatic heterocycles. The number of aromatic nitrogens is 2. The van der Waals surface area contributed by atoms with Crippen LogP contribution >= 0.6 is 0 Å². The summed E-state index contributed by atoms with van der Waals surface area (Å²) >= 11 is 0. The number of nitrogens with zero attached hydrogens (tertiary/aromatic N) is 4. The van der Waals surface area contributed by atoms with E-state index in [1.165, 1.54) is 4.57 Å². The maximum absolute atomic E-state index is 13.2. The van der Waals surface area contributed by atoms with Gasteiger partial charge in [0.2, 0.25) is 11.8 Å². The highest BCUT2D eigenvalue weighted by Gasteiger charge is 2.31. The molecule has 0 spiro atoms. The lowest BCUT2D eigenvalue weighted by molar-refractivity contribution is -0.146. The van der Waals surface area contributed by atoms with Crippen molar-refractivity contribution in [2.75, 3.05) is 46.4 Å². The van der Waals surface area contributed by atoms with E-state index in [9.17, 15) is 19.2 Å². The minimum Gasteiger partial charge on any atom is -0.460 e. The monoisotopic (exact) mass is 591 g/mol. The van der Waals surface area contributed by atoms with Crippen LogP contribution in [0.25, 0.3) is 11.0 Å². The van der Waals surface area contributed by atoms with Crippen molar-refractivity contribution < 1.29 is 23.9 Å². The van der Waals surface area contributed by atoms with E-state index in [0.29, 0.717) is 13.0 Å². The van der Waals surface area contributed by atoms with Gasteiger partial charge in [-0.2, -0.15) is 0 Å². The van der Waals surface area contributed by atoms with E-state index in [0.717, 1.165) is 67.6 Å². The maximum Gasteiger partial charge on any atom is 0.329 e. The van der Waals surface area contributed by atoms with Crippen LogP contribution in [0.3, 0.4) is 0 Å². The number of amides is 2. The van der Waals surface area contributed by atoms with Gasteiger partial charge in [-0.15, -0.1) is 0 Å². The summed E-state index contributed by atoms with van der Waals surface area (Å²) in [5.41, 5.74) is 3.35. The Labute approximate surface area is 251 Å². The molecule has 0 radical (unpaired) electrons. The number of fused-ring (bicyclic) bond motifs is 1. The van der Waals surface area contributed by atoms with Gasteiger partial charge in [-0.1, -0.05) is 42.5 Å². The smallest absolute Gasteiger partial charge is 0.329 e. The zero-order chi connectivity index (χ0) is 30.3. The Bertz CT molecular complexity index is 1500. The number of aryl methyl sites for hydroxylation is 2. The number of benzene rings is 2. The first kappa shape index (κ1) is 30.7. The summed E-state index contributed by atoms with van der Waals surface area (Å²) < 4.78 is 14.6. The van der Waals surface area contributed by atoms with Crippen molar-refractivity contribution in [2.45, 2.75) is 50.9 Å². The number of esters is 1. The Hall–Kier alpha value is -3.80. The van der Waals surface area contributed by atoms with E-state index in [1.54, 1.807) is 11.6 Å². The van der Waals surface area contributed by atoms with Crippen molar-refractivity contribution in [3.63, 3.8) is 0 Å². The van der Waals surface area contributed by atoms with Crippen molar-refractivity contribution in [3.05, 3.63) is 70.1 Å². The summed E-state index contributed by atoms with van der Waals surface area (Å²) in [4.78, 5) is 54.0. The number of carbonyl (C=O) groups excluding carboxylic acids is 3. The predicted molar refractivity (Wildman–Crippen MR) is 161 cm³/mol. The minimum absolute atomic E-state index is 0.100. The van der Waals surface area contributed by atoms with Crippen LogP contribution in [0.2, 0.25) is 0 Å². The maximum atomic E-state index is 13.2. The number of ether oxygens (including phenoxy) is 2. The number of likely N-dealkylation sites (N-methyl/N-ethyl adjacent to an activating group) is 1. The van der Waals surface area contributed by atoms with Gasteiger partial charge in [-0.05, 0) is 56.5 Å². The van der Waals surface area contributed by atoms with Gasteiger partial charge in [0.05, 0.1) is 30.3 Å². The SMILES string of the molecule is CN(CC[C@@H]1CN(CCCc2cccc3c2n(C)c(=O)n3C2CCC(=O)NC2=O)CCO1)CC(=O)OCc1ccccc1. The van der Waals surface area contributed by atoms with Crippen molar-refractivity contribution >= 4 is 28.8 Å². The lowest BCUT2D eigenvalue weighted by Gasteiger charge is -2.33. The van der Waals surface area contributed by atoms with Gasteiger partial charge in [0.15, 0.2) is 0 Å². The third-order valence-corrected chi connectivity index (χ3v) is 8.33. The van der Waals surface area contributed by atoms with Crippen LogP contribution in [0.15, 0.2) is 53.3 Å². The molecular formula is C32H41N5O6. The second-order valence-electron chi connectivity index (χ2n) is 11.5. The number of imidazole rings is 1. The Morgan fingerprint density at radius 3 is 2.72 bits per heavy atom. The predicted octanol–water partition coefficient (Wildman–Crippen LogP) is 2.02. The molecule has 2 aliphatic rings. The average molecular weight is 592 g/mol. The molecule has 5 rings (SSSR count). The molecule has 2 aliphatic heterocycles. The zero-order valence-corrected chi connectivity index (χ0v) is 25.0. The Balaban J connectivity index is 1.10. The molecule has 2 aromatic carbocycles. The third kappa shape index (κ3) is 7.59. The lowest BCUT2D eigenvalue weighted by atomic mass is 10.0. The molecule has 0 bridgehead atoms. The summed E-state index contributed by atoms with van der Waals surface area (Å²) in [7, 11) is 3.66. The molecule has 2 amide bonds. The molecule has 3 aromatic rings. The zero-order valence-electron chi connectivity index (χ0n) is 25.0. The number of morpholine rings is 1. The first-order valence-electron chi connectivity index (χ1n) is 15.0. The van der Waals surface area contributed by atoms with E-state index in [1.807, 2.05) is 60.5 Å². The molecule has 11 nitrogen and oxygen atoms in total. The van der Waals surface area contributed by atoms with Gasteiger partial charge in [-0.25, -0.2) is 4.79 Å². The molecule has 1 N–H and O–H groups in total. The fourth-order valence-electron chi connectivity index (χ4n) is 6.05. The second-order valence-corrected chi connectivity index (χ2v) is 11.5. The van der Waals surface area contributed by atoms with Gasteiger partial charge < -0.3 is 9.47 Å².